The van der Waals surface area contributed by atoms with Gasteiger partial charge in [-0.15, -0.1) is 0 Å². The van der Waals surface area contributed by atoms with Crippen molar-refractivity contribution >= 4 is 15.9 Å². The first-order valence-electron chi connectivity index (χ1n) is 9.90. The molecule has 1 fully saturated rings. The van der Waals surface area contributed by atoms with E-state index in [2.05, 4.69) is 15.0 Å². The number of hydrogen-bond donors (Lipinski definition) is 2. The third-order valence-electron chi connectivity index (χ3n) is 4.96. The van der Waals surface area contributed by atoms with E-state index in [4.69, 9.17) is 4.74 Å². The van der Waals surface area contributed by atoms with Gasteiger partial charge in [-0.25, -0.2) is 13.1 Å². The van der Waals surface area contributed by atoms with Crippen molar-refractivity contribution < 1.29 is 17.9 Å². The Labute approximate surface area is 171 Å². The van der Waals surface area contributed by atoms with E-state index < -0.39 is 16.1 Å². The monoisotopic (exact) mass is 417 g/mol. The number of rotatable bonds is 8. The van der Waals surface area contributed by atoms with Crippen molar-refractivity contribution in [3.05, 3.63) is 54.4 Å². The Morgan fingerprint density at radius 1 is 1.17 bits per heavy atom. The predicted molar refractivity (Wildman–Crippen MR) is 110 cm³/mol. The lowest BCUT2D eigenvalue weighted by atomic mass is 9.95. The van der Waals surface area contributed by atoms with Crippen molar-refractivity contribution in [2.75, 3.05) is 0 Å². The number of carbonyl (C=O) groups is 1. The molecule has 29 heavy (non-hydrogen) atoms. The topological polar surface area (TPSA) is 97.4 Å². The number of nitrogens with one attached hydrogen (secondary N) is 2. The number of amides is 1. The molecule has 156 valence electrons. The van der Waals surface area contributed by atoms with Gasteiger partial charge in [0.1, 0.15) is 5.75 Å². The van der Waals surface area contributed by atoms with Crippen LogP contribution in [0.2, 0.25) is 0 Å². The van der Waals surface area contributed by atoms with Crippen molar-refractivity contribution in [2.24, 2.45) is 0 Å². The van der Waals surface area contributed by atoms with Crippen LogP contribution in [0, 0.1) is 0 Å². The van der Waals surface area contributed by atoms with E-state index in [0.717, 1.165) is 31.2 Å². The highest BCUT2D eigenvalue weighted by molar-refractivity contribution is 7.89. The van der Waals surface area contributed by atoms with Crippen molar-refractivity contribution in [1.82, 2.24) is 15.0 Å². The second kappa shape index (κ2) is 9.84. The van der Waals surface area contributed by atoms with E-state index >= 15 is 0 Å². The number of hydrogen-bond acceptors (Lipinski definition) is 5. The molecule has 0 spiro atoms. The number of aromatic nitrogens is 1. The maximum Gasteiger partial charge on any atom is 0.260 e. The van der Waals surface area contributed by atoms with Gasteiger partial charge >= 0.3 is 0 Å². The minimum atomic E-state index is -3.65. The first kappa shape index (κ1) is 21.3. The lowest BCUT2D eigenvalue weighted by Gasteiger charge is -2.24. The molecule has 1 aliphatic carbocycles. The fourth-order valence-electron chi connectivity index (χ4n) is 3.28. The molecule has 1 heterocycles. The van der Waals surface area contributed by atoms with Crippen LogP contribution >= 0.6 is 0 Å². The van der Waals surface area contributed by atoms with Gasteiger partial charge in [0, 0.05) is 25.0 Å². The van der Waals surface area contributed by atoms with E-state index in [-0.39, 0.29) is 23.4 Å². The van der Waals surface area contributed by atoms with Gasteiger partial charge in [-0.05, 0) is 55.7 Å². The van der Waals surface area contributed by atoms with Gasteiger partial charge in [-0.3, -0.25) is 9.78 Å². The molecule has 1 saturated carbocycles. The molecule has 1 atom stereocenters. The Bertz CT molecular complexity index is 895. The van der Waals surface area contributed by atoms with Crippen LogP contribution in [0.1, 0.15) is 44.6 Å². The van der Waals surface area contributed by atoms with Crippen LogP contribution in [0.5, 0.6) is 5.75 Å². The molecule has 0 unspecified atom stereocenters. The minimum Gasteiger partial charge on any atom is -0.481 e. The highest BCUT2D eigenvalue weighted by Gasteiger charge is 2.21. The molecule has 1 amide bonds. The fourth-order valence-corrected chi connectivity index (χ4v) is 4.30. The van der Waals surface area contributed by atoms with Crippen LogP contribution in [-0.4, -0.2) is 31.5 Å². The summed E-state index contributed by atoms with van der Waals surface area (Å²) in [6, 6.07) is 9.82. The second-order valence-corrected chi connectivity index (χ2v) is 9.03. The minimum absolute atomic E-state index is 0.132. The van der Waals surface area contributed by atoms with Crippen molar-refractivity contribution in [1.29, 1.82) is 0 Å². The van der Waals surface area contributed by atoms with Gasteiger partial charge in [-0.2, -0.15) is 0 Å². The summed E-state index contributed by atoms with van der Waals surface area (Å²) in [5, 5.41) is 3.03. The molecule has 0 bridgehead atoms. The van der Waals surface area contributed by atoms with Crippen LogP contribution in [0.3, 0.4) is 0 Å². The zero-order chi connectivity index (χ0) is 20.7. The molecule has 0 radical (unpaired) electrons. The average Bonchev–Trinajstić information content (AvgIpc) is 2.74. The third kappa shape index (κ3) is 6.27. The summed E-state index contributed by atoms with van der Waals surface area (Å²) in [5.41, 5.74) is 0.772. The summed E-state index contributed by atoms with van der Waals surface area (Å²) in [4.78, 5) is 16.4. The van der Waals surface area contributed by atoms with Gasteiger partial charge in [0.2, 0.25) is 10.0 Å². The summed E-state index contributed by atoms with van der Waals surface area (Å²) in [7, 11) is -3.65. The molecule has 0 aliphatic heterocycles. The molecule has 1 aliphatic rings. The van der Waals surface area contributed by atoms with E-state index in [9.17, 15) is 13.2 Å². The van der Waals surface area contributed by atoms with Gasteiger partial charge in [0.15, 0.2) is 6.10 Å². The number of nitrogens with zero attached hydrogens (tertiary/aromatic N) is 1. The Kier molecular flexibility index (Phi) is 7.22. The van der Waals surface area contributed by atoms with Gasteiger partial charge < -0.3 is 10.1 Å². The van der Waals surface area contributed by atoms with Gasteiger partial charge in [0.25, 0.3) is 5.91 Å². The molecule has 3 rings (SSSR count). The molecular weight excluding hydrogens is 390 g/mol. The summed E-state index contributed by atoms with van der Waals surface area (Å²) in [5.74, 6) is 0.300. The first-order valence-corrected chi connectivity index (χ1v) is 11.4. The van der Waals surface area contributed by atoms with Crippen LogP contribution in [0.15, 0.2) is 53.7 Å². The number of sulfonamides is 1. The van der Waals surface area contributed by atoms with E-state index in [1.807, 2.05) is 0 Å². The largest absolute Gasteiger partial charge is 0.481 e. The van der Waals surface area contributed by atoms with E-state index in [1.165, 1.54) is 18.6 Å². The standard InChI is InChI=1S/C21H27N3O4S/c1-16(21(25)24-18-7-3-2-4-8-18)28-19-9-11-20(12-10-19)29(26,27)23-15-17-6-5-13-22-14-17/h5-6,9-14,16,18,23H,2-4,7-8,15H2,1H3,(H,24,25)/t16-/m1/s1. The number of benzene rings is 1. The summed E-state index contributed by atoms with van der Waals surface area (Å²) in [6.45, 7) is 1.85. The number of carbonyl (C=O) groups excluding carboxylic acids is 1. The van der Waals surface area contributed by atoms with Crippen molar-refractivity contribution in [2.45, 2.75) is 62.6 Å². The normalized spacial score (nSPS) is 16.2. The van der Waals surface area contributed by atoms with Gasteiger partial charge in [-0.1, -0.05) is 25.3 Å². The van der Waals surface area contributed by atoms with Crippen LogP contribution in [0.4, 0.5) is 0 Å². The molecule has 8 heteroatoms. The fraction of sp³-hybridized carbons (Fsp3) is 0.429. The molecule has 2 aromatic rings. The van der Waals surface area contributed by atoms with Crippen LogP contribution in [-0.2, 0) is 21.4 Å². The molecular formula is C21H27N3O4S. The van der Waals surface area contributed by atoms with Gasteiger partial charge in [0.05, 0.1) is 4.90 Å². The molecule has 1 aromatic heterocycles. The number of pyridine rings is 1. The van der Waals surface area contributed by atoms with Crippen molar-refractivity contribution in [3.63, 3.8) is 0 Å². The third-order valence-corrected chi connectivity index (χ3v) is 6.37. The Balaban J connectivity index is 1.54. The molecule has 1 aromatic carbocycles. The lowest BCUT2D eigenvalue weighted by molar-refractivity contribution is -0.128. The highest BCUT2D eigenvalue weighted by Crippen LogP contribution is 2.19. The maximum absolute atomic E-state index is 12.4. The summed E-state index contributed by atoms with van der Waals surface area (Å²) >= 11 is 0. The van der Waals surface area contributed by atoms with E-state index in [0.29, 0.717) is 5.75 Å². The molecule has 7 nitrogen and oxygen atoms in total. The Hall–Kier alpha value is -2.45. The average molecular weight is 418 g/mol. The first-order chi connectivity index (χ1) is 13.9. The van der Waals surface area contributed by atoms with Crippen LogP contribution < -0.4 is 14.8 Å². The quantitative estimate of drug-likeness (QED) is 0.688. The molecule has 2 N–H and O–H groups in total. The Morgan fingerprint density at radius 2 is 1.90 bits per heavy atom. The van der Waals surface area contributed by atoms with Crippen molar-refractivity contribution in [3.8, 4) is 5.75 Å². The smallest absolute Gasteiger partial charge is 0.260 e. The van der Waals surface area contributed by atoms with E-state index in [1.54, 1.807) is 43.6 Å². The zero-order valence-electron chi connectivity index (χ0n) is 16.5. The highest BCUT2D eigenvalue weighted by atomic mass is 32.2. The SMILES string of the molecule is C[C@@H](Oc1ccc(S(=O)(=O)NCc2cccnc2)cc1)C(=O)NC1CCCCC1. The second-order valence-electron chi connectivity index (χ2n) is 7.26. The summed E-state index contributed by atoms with van der Waals surface area (Å²) in [6.07, 6.45) is 8.13. The number of ether oxygens (including phenoxy) is 1. The maximum atomic E-state index is 12.4. The molecule has 0 saturated heterocycles. The zero-order valence-corrected chi connectivity index (χ0v) is 17.3. The lowest BCUT2D eigenvalue weighted by Crippen LogP contribution is -2.43. The predicted octanol–water partition coefficient (Wildman–Crippen LogP) is 2.78. The van der Waals surface area contributed by atoms with Crippen LogP contribution in [0.25, 0.3) is 0 Å². The Morgan fingerprint density at radius 3 is 2.55 bits per heavy atom. The summed E-state index contributed by atoms with van der Waals surface area (Å²) < 4.78 is 33.1.